The number of nitrogens with zero attached hydrogens (tertiary/aromatic N) is 2. The molecule has 0 aliphatic heterocycles. The van der Waals surface area contributed by atoms with Crippen molar-refractivity contribution in [1.82, 2.24) is 10.2 Å². The van der Waals surface area contributed by atoms with Gasteiger partial charge in [0.25, 0.3) is 10.0 Å². The van der Waals surface area contributed by atoms with Crippen molar-refractivity contribution in [3.63, 3.8) is 0 Å². The maximum Gasteiger partial charge on any atom is 0.264 e. The van der Waals surface area contributed by atoms with Crippen LogP contribution in [0, 0.1) is 26.6 Å². The third-order valence-electron chi connectivity index (χ3n) is 7.78. The van der Waals surface area contributed by atoms with Crippen LogP contribution >= 0.6 is 0 Å². The van der Waals surface area contributed by atoms with Crippen LogP contribution in [-0.2, 0) is 32.6 Å². The molecule has 0 aliphatic rings. The highest BCUT2D eigenvalue weighted by atomic mass is 32.2. The number of benzene rings is 4. The van der Waals surface area contributed by atoms with Crippen molar-refractivity contribution in [3.8, 4) is 0 Å². The third-order valence-corrected chi connectivity index (χ3v) is 9.57. The second-order valence-corrected chi connectivity index (χ2v) is 13.5. The molecule has 4 rings (SSSR count). The highest BCUT2D eigenvalue weighted by molar-refractivity contribution is 7.92. The SMILES string of the molecule is CCCCNC(=O)[C@@H](Cc1ccccc1)N(Cc1ccccc1F)C(=O)CN(c1cc(C)cc(C)c1)S(=O)(=O)c1ccc(C)cc1. The standard InChI is InChI=1S/C37H42FN3O4S/c1-5-6-20-39-37(43)35(24-30-12-8-7-9-13-30)40(25-31-14-10-11-15-34(31)38)36(42)26-41(32-22-28(3)21-29(4)23-32)46(44,45)33-18-16-27(2)17-19-33/h7-19,21-23,35H,5-6,20,24-26H2,1-4H3,(H,39,43)/t35-/m1/s1. The monoisotopic (exact) mass is 643 g/mol. The molecule has 4 aromatic rings. The Balaban J connectivity index is 1.82. The van der Waals surface area contributed by atoms with E-state index in [0.717, 1.165) is 39.4 Å². The Morgan fingerprint density at radius 2 is 1.46 bits per heavy atom. The Bertz CT molecular complexity index is 1720. The molecule has 9 heteroatoms. The van der Waals surface area contributed by atoms with E-state index < -0.39 is 34.3 Å². The smallest absolute Gasteiger partial charge is 0.264 e. The van der Waals surface area contributed by atoms with Crippen molar-refractivity contribution < 1.29 is 22.4 Å². The second kappa shape index (κ2) is 15.7. The lowest BCUT2D eigenvalue weighted by Gasteiger charge is -2.34. The first-order valence-electron chi connectivity index (χ1n) is 15.5. The van der Waals surface area contributed by atoms with E-state index in [0.29, 0.717) is 12.2 Å². The van der Waals surface area contributed by atoms with Gasteiger partial charge in [0.1, 0.15) is 18.4 Å². The maximum atomic E-state index is 15.1. The van der Waals surface area contributed by atoms with Gasteiger partial charge in [-0.25, -0.2) is 12.8 Å². The summed E-state index contributed by atoms with van der Waals surface area (Å²) in [7, 11) is -4.23. The molecular weight excluding hydrogens is 601 g/mol. The minimum atomic E-state index is -4.23. The summed E-state index contributed by atoms with van der Waals surface area (Å²) in [4.78, 5) is 29.7. The Morgan fingerprint density at radius 3 is 2.09 bits per heavy atom. The van der Waals surface area contributed by atoms with Crippen LogP contribution in [-0.4, -0.2) is 44.3 Å². The van der Waals surface area contributed by atoms with Crippen LogP contribution in [0.5, 0.6) is 0 Å². The van der Waals surface area contributed by atoms with Crippen molar-refractivity contribution in [2.24, 2.45) is 0 Å². The summed E-state index contributed by atoms with van der Waals surface area (Å²) in [5.41, 5.74) is 3.89. The van der Waals surface area contributed by atoms with Gasteiger partial charge >= 0.3 is 0 Å². The van der Waals surface area contributed by atoms with E-state index in [1.165, 1.54) is 23.1 Å². The fourth-order valence-corrected chi connectivity index (χ4v) is 6.73. The number of amides is 2. The van der Waals surface area contributed by atoms with Gasteiger partial charge in [0.15, 0.2) is 0 Å². The quantitative estimate of drug-likeness (QED) is 0.159. The first kappa shape index (κ1) is 34.4. The molecule has 0 bridgehead atoms. The van der Waals surface area contributed by atoms with Crippen molar-refractivity contribution in [1.29, 1.82) is 0 Å². The van der Waals surface area contributed by atoms with Crippen molar-refractivity contribution in [2.45, 2.75) is 64.4 Å². The van der Waals surface area contributed by atoms with E-state index in [2.05, 4.69) is 5.32 Å². The zero-order valence-electron chi connectivity index (χ0n) is 26.9. The summed E-state index contributed by atoms with van der Waals surface area (Å²) in [6.45, 7) is 7.18. The first-order valence-corrected chi connectivity index (χ1v) is 17.0. The molecule has 1 N–H and O–H groups in total. The molecule has 0 aliphatic carbocycles. The Morgan fingerprint density at radius 1 is 0.826 bits per heavy atom. The lowest BCUT2D eigenvalue weighted by molar-refractivity contribution is -0.140. The number of carbonyl (C=O) groups excluding carboxylic acids is 2. The van der Waals surface area contributed by atoms with E-state index in [9.17, 15) is 18.0 Å². The summed E-state index contributed by atoms with van der Waals surface area (Å²) < 4.78 is 44.6. The van der Waals surface area contributed by atoms with Crippen LogP contribution in [0.25, 0.3) is 0 Å². The van der Waals surface area contributed by atoms with Crippen LogP contribution in [0.1, 0.15) is 47.6 Å². The van der Waals surface area contributed by atoms with Gasteiger partial charge in [-0.2, -0.15) is 0 Å². The van der Waals surface area contributed by atoms with Gasteiger partial charge in [-0.3, -0.25) is 13.9 Å². The van der Waals surface area contributed by atoms with Crippen molar-refractivity contribution >= 4 is 27.5 Å². The molecule has 0 saturated carbocycles. The van der Waals surface area contributed by atoms with Gasteiger partial charge in [-0.05, 0) is 74.2 Å². The Kier molecular flexibility index (Phi) is 11.7. The highest BCUT2D eigenvalue weighted by Gasteiger charge is 2.35. The number of aryl methyl sites for hydroxylation is 3. The number of unbranched alkanes of at least 4 members (excludes halogenated alkanes) is 1. The highest BCUT2D eigenvalue weighted by Crippen LogP contribution is 2.27. The molecule has 2 amide bonds. The minimum absolute atomic E-state index is 0.0313. The molecule has 0 radical (unpaired) electrons. The predicted octanol–water partition coefficient (Wildman–Crippen LogP) is 6.50. The van der Waals surface area contributed by atoms with Crippen LogP contribution in [0.2, 0.25) is 0 Å². The number of nitrogens with one attached hydrogen (secondary N) is 1. The van der Waals surface area contributed by atoms with Gasteiger partial charge in [-0.1, -0.05) is 85.6 Å². The Labute approximate surface area is 272 Å². The number of sulfonamides is 1. The average Bonchev–Trinajstić information content (AvgIpc) is 3.02. The third kappa shape index (κ3) is 8.81. The largest absolute Gasteiger partial charge is 0.354 e. The molecule has 0 aromatic heterocycles. The van der Waals surface area contributed by atoms with Gasteiger partial charge in [0, 0.05) is 25.1 Å². The molecule has 0 spiro atoms. The minimum Gasteiger partial charge on any atom is -0.354 e. The molecular formula is C37H42FN3O4S. The number of hydrogen-bond donors (Lipinski definition) is 1. The number of rotatable bonds is 14. The average molecular weight is 644 g/mol. The Hall–Kier alpha value is -4.50. The number of hydrogen-bond acceptors (Lipinski definition) is 4. The zero-order chi connectivity index (χ0) is 33.3. The molecule has 0 heterocycles. The molecule has 0 unspecified atom stereocenters. The topological polar surface area (TPSA) is 86.8 Å². The van der Waals surface area contributed by atoms with E-state index in [-0.39, 0.29) is 29.3 Å². The fraction of sp³-hybridized carbons (Fsp3) is 0.297. The van der Waals surface area contributed by atoms with Crippen LogP contribution in [0.3, 0.4) is 0 Å². The molecule has 242 valence electrons. The van der Waals surface area contributed by atoms with Crippen molar-refractivity contribution in [3.05, 3.63) is 131 Å². The zero-order valence-corrected chi connectivity index (χ0v) is 27.7. The molecule has 0 fully saturated rings. The molecule has 46 heavy (non-hydrogen) atoms. The molecule has 1 atom stereocenters. The van der Waals surface area contributed by atoms with E-state index in [4.69, 9.17) is 0 Å². The predicted molar refractivity (Wildman–Crippen MR) is 180 cm³/mol. The first-order chi connectivity index (χ1) is 22.0. The summed E-state index contributed by atoms with van der Waals surface area (Å²) in [6.07, 6.45) is 1.77. The second-order valence-electron chi connectivity index (χ2n) is 11.6. The van der Waals surface area contributed by atoms with E-state index >= 15 is 4.39 Å². The summed E-state index contributed by atoms with van der Waals surface area (Å²) in [5.74, 6) is -1.55. The van der Waals surface area contributed by atoms with Crippen LogP contribution in [0.4, 0.5) is 10.1 Å². The van der Waals surface area contributed by atoms with E-state index in [1.807, 2.05) is 64.1 Å². The maximum absolute atomic E-state index is 15.1. The molecule has 4 aromatic carbocycles. The number of halogens is 1. The summed E-state index contributed by atoms with van der Waals surface area (Å²) in [5, 5.41) is 2.94. The summed E-state index contributed by atoms with van der Waals surface area (Å²) >= 11 is 0. The van der Waals surface area contributed by atoms with E-state index in [1.54, 1.807) is 42.5 Å². The van der Waals surface area contributed by atoms with Gasteiger partial charge in [-0.15, -0.1) is 0 Å². The van der Waals surface area contributed by atoms with Crippen LogP contribution in [0.15, 0.2) is 102 Å². The normalized spacial score (nSPS) is 11.9. The van der Waals surface area contributed by atoms with Gasteiger partial charge < -0.3 is 10.2 Å². The van der Waals surface area contributed by atoms with Gasteiger partial charge in [0.2, 0.25) is 11.8 Å². The number of anilines is 1. The lowest BCUT2D eigenvalue weighted by Crippen LogP contribution is -2.53. The lowest BCUT2D eigenvalue weighted by atomic mass is 10.0. The molecule has 7 nitrogen and oxygen atoms in total. The molecule has 0 saturated heterocycles. The fourth-order valence-electron chi connectivity index (χ4n) is 5.33. The van der Waals surface area contributed by atoms with Crippen LogP contribution < -0.4 is 9.62 Å². The number of carbonyl (C=O) groups is 2. The van der Waals surface area contributed by atoms with Crippen molar-refractivity contribution in [2.75, 3.05) is 17.4 Å². The van der Waals surface area contributed by atoms with Gasteiger partial charge in [0.05, 0.1) is 10.6 Å². The summed E-state index contributed by atoms with van der Waals surface area (Å²) in [6, 6.07) is 26.1.